The van der Waals surface area contributed by atoms with Gasteiger partial charge >= 0.3 is 0 Å². The molecule has 2 unspecified atom stereocenters. The summed E-state index contributed by atoms with van der Waals surface area (Å²) >= 11 is 0. The van der Waals surface area contributed by atoms with Crippen LogP contribution in [0.25, 0.3) is 0 Å². The van der Waals surface area contributed by atoms with Crippen LogP contribution in [0, 0.1) is 5.41 Å². The fourth-order valence-corrected chi connectivity index (χ4v) is 2.47. The van der Waals surface area contributed by atoms with Crippen molar-refractivity contribution in [3.8, 4) is 0 Å². The number of nitrogens with one attached hydrogen (secondary N) is 1. The van der Waals surface area contributed by atoms with Crippen molar-refractivity contribution in [2.45, 2.75) is 72.5 Å². The van der Waals surface area contributed by atoms with E-state index in [0.29, 0.717) is 0 Å². The van der Waals surface area contributed by atoms with E-state index in [4.69, 9.17) is 0 Å². The van der Waals surface area contributed by atoms with Crippen molar-refractivity contribution in [3.63, 3.8) is 0 Å². The Kier molecular flexibility index (Phi) is 4.41. The van der Waals surface area contributed by atoms with Gasteiger partial charge in [-0.3, -0.25) is 9.59 Å². The Morgan fingerprint density at radius 1 is 1.28 bits per heavy atom. The second kappa shape index (κ2) is 5.29. The molecule has 1 heterocycles. The van der Waals surface area contributed by atoms with Crippen LogP contribution in [-0.4, -0.2) is 34.8 Å². The summed E-state index contributed by atoms with van der Waals surface area (Å²) in [7, 11) is 0. The Bertz CT molecular complexity index is 331. The van der Waals surface area contributed by atoms with E-state index in [2.05, 4.69) is 5.32 Å². The van der Waals surface area contributed by atoms with E-state index in [1.165, 1.54) is 0 Å². The first-order valence-electron chi connectivity index (χ1n) is 6.82. The van der Waals surface area contributed by atoms with Crippen molar-refractivity contribution in [2.24, 2.45) is 5.41 Å². The maximum absolute atomic E-state index is 12.6. The average molecular weight is 254 g/mol. The summed E-state index contributed by atoms with van der Waals surface area (Å²) < 4.78 is 0. The van der Waals surface area contributed by atoms with Gasteiger partial charge in [0.2, 0.25) is 11.8 Å². The fraction of sp³-hybridized carbons (Fsp3) is 0.857. The van der Waals surface area contributed by atoms with Gasteiger partial charge in [0.1, 0.15) is 12.1 Å². The maximum atomic E-state index is 12.6. The highest BCUT2D eigenvalue weighted by Crippen LogP contribution is 2.27. The van der Waals surface area contributed by atoms with Gasteiger partial charge in [0.25, 0.3) is 0 Å². The van der Waals surface area contributed by atoms with Crippen molar-refractivity contribution in [1.82, 2.24) is 10.2 Å². The highest BCUT2D eigenvalue weighted by Gasteiger charge is 2.45. The lowest BCUT2D eigenvalue weighted by atomic mass is 9.83. The average Bonchev–Trinajstić information content (AvgIpc) is 2.21. The molecule has 4 heteroatoms. The van der Waals surface area contributed by atoms with E-state index in [1.54, 1.807) is 4.90 Å². The SMILES string of the molecule is CCCC1C(=O)NC(C(C)(C)C)C(=O)N1C(C)C. The number of amides is 2. The minimum atomic E-state index is -0.416. The van der Waals surface area contributed by atoms with Crippen LogP contribution < -0.4 is 5.32 Å². The number of hydrogen-bond acceptors (Lipinski definition) is 2. The van der Waals surface area contributed by atoms with Crippen molar-refractivity contribution in [1.29, 1.82) is 0 Å². The third kappa shape index (κ3) is 2.85. The molecule has 18 heavy (non-hydrogen) atoms. The first-order chi connectivity index (χ1) is 8.20. The van der Waals surface area contributed by atoms with Gasteiger partial charge < -0.3 is 10.2 Å². The van der Waals surface area contributed by atoms with Crippen LogP contribution in [0.1, 0.15) is 54.4 Å². The monoisotopic (exact) mass is 254 g/mol. The molecule has 1 aliphatic rings. The van der Waals surface area contributed by atoms with Crippen LogP contribution in [-0.2, 0) is 9.59 Å². The number of carbonyl (C=O) groups is 2. The van der Waals surface area contributed by atoms with Crippen LogP contribution >= 0.6 is 0 Å². The number of hydrogen-bond donors (Lipinski definition) is 1. The molecular weight excluding hydrogens is 228 g/mol. The summed E-state index contributed by atoms with van der Waals surface area (Å²) in [4.78, 5) is 26.5. The van der Waals surface area contributed by atoms with Crippen molar-refractivity contribution < 1.29 is 9.59 Å². The summed E-state index contributed by atoms with van der Waals surface area (Å²) in [6.07, 6.45) is 1.63. The van der Waals surface area contributed by atoms with Crippen LogP contribution in [0.15, 0.2) is 0 Å². The zero-order valence-electron chi connectivity index (χ0n) is 12.4. The van der Waals surface area contributed by atoms with E-state index in [1.807, 2.05) is 41.5 Å². The van der Waals surface area contributed by atoms with Crippen LogP contribution in [0.5, 0.6) is 0 Å². The molecule has 1 rings (SSSR count). The zero-order valence-corrected chi connectivity index (χ0v) is 12.4. The first-order valence-corrected chi connectivity index (χ1v) is 6.82. The highest BCUT2D eigenvalue weighted by molar-refractivity contribution is 5.97. The molecule has 104 valence electrons. The molecule has 1 fully saturated rings. The molecule has 0 aromatic carbocycles. The summed E-state index contributed by atoms with van der Waals surface area (Å²) in [5, 5.41) is 2.90. The van der Waals surface area contributed by atoms with Gasteiger partial charge in [0.05, 0.1) is 0 Å². The summed E-state index contributed by atoms with van der Waals surface area (Å²) in [6.45, 7) is 11.9. The minimum absolute atomic E-state index is 0.00919. The van der Waals surface area contributed by atoms with Gasteiger partial charge in [-0.25, -0.2) is 0 Å². The van der Waals surface area contributed by atoms with E-state index >= 15 is 0 Å². The van der Waals surface area contributed by atoms with Crippen LogP contribution in [0.4, 0.5) is 0 Å². The fourth-order valence-electron chi connectivity index (χ4n) is 2.47. The standard InChI is InChI=1S/C14H26N2O2/c1-7-8-10-12(17)15-11(14(4,5)6)13(18)16(10)9(2)3/h9-11H,7-8H2,1-6H3,(H,15,17). The summed E-state index contributed by atoms with van der Waals surface area (Å²) in [5.74, 6) is 0.0422. The molecule has 0 aliphatic carbocycles. The van der Waals surface area contributed by atoms with Gasteiger partial charge in [-0.2, -0.15) is 0 Å². The highest BCUT2D eigenvalue weighted by atomic mass is 16.2. The van der Waals surface area contributed by atoms with Gasteiger partial charge in [-0.1, -0.05) is 34.1 Å². The molecule has 2 amide bonds. The Morgan fingerprint density at radius 3 is 2.22 bits per heavy atom. The molecule has 0 saturated carbocycles. The number of rotatable bonds is 3. The number of piperazine rings is 1. The topological polar surface area (TPSA) is 49.4 Å². The summed E-state index contributed by atoms with van der Waals surface area (Å²) in [6, 6.07) is -0.661. The van der Waals surface area contributed by atoms with Crippen molar-refractivity contribution in [2.75, 3.05) is 0 Å². The normalized spacial score (nSPS) is 25.6. The molecular formula is C14H26N2O2. The molecule has 0 spiro atoms. The van der Waals surface area contributed by atoms with Crippen molar-refractivity contribution >= 4 is 11.8 Å². The largest absolute Gasteiger partial charge is 0.342 e. The van der Waals surface area contributed by atoms with Crippen LogP contribution in [0.3, 0.4) is 0 Å². The molecule has 0 aromatic rings. The molecule has 1 N–H and O–H groups in total. The minimum Gasteiger partial charge on any atom is -0.342 e. The van der Waals surface area contributed by atoms with Gasteiger partial charge in [-0.15, -0.1) is 0 Å². The molecule has 4 nitrogen and oxygen atoms in total. The molecule has 1 saturated heterocycles. The molecule has 0 radical (unpaired) electrons. The second-order valence-corrected chi connectivity index (χ2v) is 6.45. The Balaban J connectivity index is 3.05. The van der Waals surface area contributed by atoms with E-state index < -0.39 is 6.04 Å². The third-order valence-electron chi connectivity index (χ3n) is 3.41. The van der Waals surface area contributed by atoms with Gasteiger partial charge in [-0.05, 0) is 25.7 Å². The first kappa shape index (κ1) is 15.0. The maximum Gasteiger partial charge on any atom is 0.246 e. The van der Waals surface area contributed by atoms with Gasteiger partial charge in [0.15, 0.2) is 0 Å². The Morgan fingerprint density at radius 2 is 1.83 bits per heavy atom. The van der Waals surface area contributed by atoms with E-state index in [9.17, 15) is 9.59 Å². The number of nitrogens with zero attached hydrogens (tertiary/aromatic N) is 1. The second-order valence-electron chi connectivity index (χ2n) is 6.45. The van der Waals surface area contributed by atoms with E-state index in [0.717, 1.165) is 12.8 Å². The Labute approximate surface area is 110 Å². The zero-order chi connectivity index (χ0) is 14.1. The lowest BCUT2D eigenvalue weighted by Gasteiger charge is -2.45. The lowest BCUT2D eigenvalue weighted by Crippen LogP contribution is -2.67. The Hall–Kier alpha value is -1.06. The number of carbonyl (C=O) groups excluding carboxylic acids is 2. The van der Waals surface area contributed by atoms with Gasteiger partial charge in [0, 0.05) is 6.04 Å². The van der Waals surface area contributed by atoms with E-state index in [-0.39, 0.29) is 29.3 Å². The summed E-state index contributed by atoms with van der Waals surface area (Å²) in [5.41, 5.74) is -0.253. The molecule has 0 bridgehead atoms. The third-order valence-corrected chi connectivity index (χ3v) is 3.41. The van der Waals surface area contributed by atoms with Crippen molar-refractivity contribution in [3.05, 3.63) is 0 Å². The predicted molar refractivity (Wildman–Crippen MR) is 72.1 cm³/mol. The molecule has 2 atom stereocenters. The smallest absolute Gasteiger partial charge is 0.246 e. The lowest BCUT2D eigenvalue weighted by molar-refractivity contribution is -0.154. The molecule has 0 aromatic heterocycles. The van der Waals surface area contributed by atoms with Crippen LogP contribution in [0.2, 0.25) is 0 Å². The quantitative estimate of drug-likeness (QED) is 0.836. The molecule has 1 aliphatic heterocycles. The predicted octanol–water partition coefficient (Wildman–Crippen LogP) is 1.94.